The largest absolute Gasteiger partial charge is 0.481 e. The van der Waals surface area contributed by atoms with Crippen molar-refractivity contribution in [2.45, 2.75) is 58.3 Å². The number of carbonyl (C=O) groups is 1. The molecule has 0 spiro atoms. The van der Waals surface area contributed by atoms with Gasteiger partial charge in [0.25, 0.3) is 0 Å². The summed E-state index contributed by atoms with van der Waals surface area (Å²) in [4.78, 5) is 11.0. The molecular weight excluding hydrogens is 236 g/mol. The Morgan fingerprint density at radius 1 is 1.21 bits per heavy atom. The van der Waals surface area contributed by atoms with Gasteiger partial charge in [-0.05, 0) is 55.1 Å². The first kappa shape index (κ1) is 14.1. The number of carboxylic acids is 1. The van der Waals surface area contributed by atoms with Crippen LogP contribution in [0.2, 0.25) is 0 Å². The SMILES string of the molecule is CC(C(=O)O)c1ccc(C2CCC(C)(C)CC2)cc1. The average molecular weight is 260 g/mol. The highest BCUT2D eigenvalue weighted by molar-refractivity contribution is 5.75. The third-order valence-electron chi connectivity index (χ3n) is 4.62. The average Bonchev–Trinajstić information content (AvgIpc) is 2.38. The van der Waals surface area contributed by atoms with Crippen LogP contribution in [0.4, 0.5) is 0 Å². The molecule has 1 aliphatic rings. The van der Waals surface area contributed by atoms with Crippen molar-refractivity contribution in [1.82, 2.24) is 0 Å². The van der Waals surface area contributed by atoms with Crippen LogP contribution in [-0.4, -0.2) is 11.1 Å². The molecule has 1 aromatic carbocycles. The second-order valence-corrected chi connectivity index (χ2v) is 6.67. The van der Waals surface area contributed by atoms with Gasteiger partial charge in [0.05, 0.1) is 5.92 Å². The van der Waals surface area contributed by atoms with Crippen LogP contribution in [0.5, 0.6) is 0 Å². The Kier molecular flexibility index (Phi) is 3.98. The van der Waals surface area contributed by atoms with Crippen molar-refractivity contribution in [3.05, 3.63) is 35.4 Å². The number of aliphatic carboxylic acids is 1. The predicted octanol–water partition coefficient (Wildman–Crippen LogP) is 4.56. The maximum absolute atomic E-state index is 11.0. The van der Waals surface area contributed by atoms with E-state index >= 15 is 0 Å². The van der Waals surface area contributed by atoms with E-state index in [9.17, 15) is 4.79 Å². The van der Waals surface area contributed by atoms with Gasteiger partial charge in [0.2, 0.25) is 0 Å². The summed E-state index contributed by atoms with van der Waals surface area (Å²) in [6.07, 6.45) is 5.07. The van der Waals surface area contributed by atoms with Crippen LogP contribution in [-0.2, 0) is 4.79 Å². The number of hydrogen-bond acceptors (Lipinski definition) is 1. The lowest BCUT2D eigenvalue weighted by atomic mass is 9.71. The number of rotatable bonds is 3. The number of benzene rings is 1. The van der Waals surface area contributed by atoms with E-state index in [4.69, 9.17) is 5.11 Å². The van der Waals surface area contributed by atoms with Gasteiger partial charge in [-0.25, -0.2) is 0 Å². The lowest BCUT2D eigenvalue weighted by molar-refractivity contribution is -0.138. The molecule has 1 aromatic rings. The van der Waals surface area contributed by atoms with Gasteiger partial charge in [-0.1, -0.05) is 38.1 Å². The molecule has 0 bridgehead atoms. The predicted molar refractivity (Wildman–Crippen MR) is 77.5 cm³/mol. The summed E-state index contributed by atoms with van der Waals surface area (Å²) in [5.74, 6) is -0.520. The molecular formula is C17H24O2. The first-order valence-electron chi connectivity index (χ1n) is 7.22. The van der Waals surface area contributed by atoms with E-state index in [0.717, 1.165) is 5.56 Å². The van der Waals surface area contributed by atoms with Crippen molar-refractivity contribution in [2.75, 3.05) is 0 Å². The Labute approximate surface area is 115 Å². The fraction of sp³-hybridized carbons (Fsp3) is 0.588. The lowest BCUT2D eigenvalue weighted by Gasteiger charge is -2.34. The van der Waals surface area contributed by atoms with E-state index in [0.29, 0.717) is 11.3 Å². The van der Waals surface area contributed by atoms with Gasteiger partial charge in [0.15, 0.2) is 0 Å². The van der Waals surface area contributed by atoms with Crippen molar-refractivity contribution in [1.29, 1.82) is 0 Å². The minimum Gasteiger partial charge on any atom is -0.481 e. The first-order valence-corrected chi connectivity index (χ1v) is 7.22. The second kappa shape index (κ2) is 5.36. The molecule has 0 saturated heterocycles. The molecule has 1 aliphatic carbocycles. The summed E-state index contributed by atoms with van der Waals surface area (Å²) in [5.41, 5.74) is 2.76. The van der Waals surface area contributed by atoms with E-state index in [2.05, 4.69) is 26.0 Å². The lowest BCUT2D eigenvalue weighted by Crippen LogP contribution is -2.20. The minimum atomic E-state index is -0.757. The molecule has 0 heterocycles. The van der Waals surface area contributed by atoms with Crippen molar-refractivity contribution in [2.24, 2.45) is 5.41 Å². The van der Waals surface area contributed by atoms with Gasteiger partial charge in [0, 0.05) is 0 Å². The van der Waals surface area contributed by atoms with E-state index in [1.165, 1.54) is 31.2 Å². The topological polar surface area (TPSA) is 37.3 Å². The first-order chi connectivity index (χ1) is 8.89. The highest BCUT2D eigenvalue weighted by atomic mass is 16.4. The van der Waals surface area contributed by atoms with Crippen LogP contribution in [0.15, 0.2) is 24.3 Å². The van der Waals surface area contributed by atoms with Crippen LogP contribution < -0.4 is 0 Å². The molecule has 2 rings (SSSR count). The summed E-state index contributed by atoms with van der Waals surface area (Å²) in [7, 11) is 0. The van der Waals surface area contributed by atoms with Gasteiger partial charge >= 0.3 is 5.97 Å². The summed E-state index contributed by atoms with van der Waals surface area (Å²) in [5, 5.41) is 9.01. The van der Waals surface area contributed by atoms with Crippen LogP contribution in [0.1, 0.15) is 69.4 Å². The zero-order chi connectivity index (χ0) is 14.0. The number of carboxylic acid groups (broad SMARTS) is 1. The molecule has 1 N–H and O–H groups in total. The maximum Gasteiger partial charge on any atom is 0.310 e. The Bertz CT molecular complexity index is 435. The normalized spacial score (nSPS) is 21.0. The number of hydrogen-bond donors (Lipinski definition) is 1. The minimum absolute atomic E-state index is 0.417. The summed E-state index contributed by atoms with van der Waals surface area (Å²) < 4.78 is 0. The second-order valence-electron chi connectivity index (χ2n) is 6.67. The van der Waals surface area contributed by atoms with E-state index in [1.54, 1.807) is 6.92 Å². The van der Waals surface area contributed by atoms with Gasteiger partial charge in [-0.3, -0.25) is 4.79 Å². The summed E-state index contributed by atoms with van der Waals surface area (Å²) >= 11 is 0. The quantitative estimate of drug-likeness (QED) is 0.865. The summed E-state index contributed by atoms with van der Waals surface area (Å²) in [6, 6.07) is 8.21. The fourth-order valence-corrected chi connectivity index (χ4v) is 2.93. The third kappa shape index (κ3) is 3.37. The van der Waals surface area contributed by atoms with Gasteiger partial charge < -0.3 is 5.11 Å². The maximum atomic E-state index is 11.0. The van der Waals surface area contributed by atoms with E-state index in [1.807, 2.05) is 12.1 Å². The molecule has 1 fully saturated rings. The molecule has 0 radical (unpaired) electrons. The Hall–Kier alpha value is -1.31. The smallest absolute Gasteiger partial charge is 0.310 e. The third-order valence-corrected chi connectivity index (χ3v) is 4.62. The van der Waals surface area contributed by atoms with Crippen LogP contribution in [0.25, 0.3) is 0 Å². The van der Waals surface area contributed by atoms with Crippen LogP contribution in [0.3, 0.4) is 0 Å². The highest BCUT2D eigenvalue weighted by Gasteiger charge is 2.27. The van der Waals surface area contributed by atoms with Gasteiger partial charge in [-0.2, -0.15) is 0 Å². The molecule has 2 nitrogen and oxygen atoms in total. The summed E-state index contributed by atoms with van der Waals surface area (Å²) in [6.45, 7) is 6.43. The standard InChI is InChI=1S/C17H24O2/c1-12(16(18)19)13-4-6-14(7-5-13)15-8-10-17(2,3)11-9-15/h4-7,12,15H,8-11H2,1-3H3,(H,18,19). The Morgan fingerprint density at radius 3 is 2.21 bits per heavy atom. The zero-order valence-corrected chi connectivity index (χ0v) is 12.1. The van der Waals surface area contributed by atoms with E-state index < -0.39 is 11.9 Å². The van der Waals surface area contributed by atoms with Gasteiger partial charge in [0.1, 0.15) is 0 Å². The monoisotopic (exact) mass is 260 g/mol. The highest BCUT2D eigenvalue weighted by Crippen LogP contribution is 2.42. The molecule has 19 heavy (non-hydrogen) atoms. The molecule has 0 aromatic heterocycles. The molecule has 2 heteroatoms. The van der Waals surface area contributed by atoms with Crippen LogP contribution in [0, 0.1) is 5.41 Å². The van der Waals surface area contributed by atoms with Gasteiger partial charge in [-0.15, -0.1) is 0 Å². The molecule has 1 atom stereocenters. The van der Waals surface area contributed by atoms with Crippen molar-refractivity contribution >= 4 is 5.97 Å². The van der Waals surface area contributed by atoms with Crippen molar-refractivity contribution in [3.63, 3.8) is 0 Å². The molecule has 1 unspecified atom stereocenters. The molecule has 104 valence electrons. The van der Waals surface area contributed by atoms with Crippen molar-refractivity contribution < 1.29 is 9.90 Å². The zero-order valence-electron chi connectivity index (χ0n) is 12.1. The Balaban J connectivity index is 2.05. The fourth-order valence-electron chi connectivity index (χ4n) is 2.93. The molecule has 0 amide bonds. The molecule has 0 aliphatic heterocycles. The van der Waals surface area contributed by atoms with Crippen LogP contribution >= 0.6 is 0 Å². The van der Waals surface area contributed by atoms with Crippen molar-refractivity contribution in [3.8, 4) is 0 Å². The molecule has 1 saturated carbocycles. The van der Waals surface area contributed by atoms with E-state index in [-0.39, 0.29) is 0 Å². The Morgan fingerprint density at radius 2 is 1.74 bits per heavy atom.